The third-order valence-electron chi connectivity index (χ3n) is 8.37. The molecule has 0 aliphatic carbocycles. The fraction of sp³-hybridized carbons (Fsp3) is 0.433. The van der Waals surface area contributed by atoms with E-state index in [0.717, 1.165) is 61.0 Å². The number of amides is 2. The van der Waals surface area contributed by atoms with Gasteiger partial charge in [0.25, 0.3) is 0 Å². The number of nitrogens with zero attached hydrogens (tertiary/aromatic N) is 2. The number of hydrogen-bond donors (Lipinski definition) is 0. The molecule has 2 aromatic carbocycles. The summed E-state index contributed by atoms with van der Waals surface area (Å²) < 4.78 is 11.1. The molecule has 3 unspecified atom stereocenters. The molecule has 7 nitrogen and oxygen atoms in total. The molecule has 7 heteroatoms. The Labute approximate surface area is 216 Å². The summed E-state index contributed by atoms with van der Waals surface area (Å²) in [6, 6.07) is 15.3. The summed E-state index contributed by atoms with van der Waals surface area (Å²) in [5, 5.41) is 0.823. The molecule has 2 bridgehead atoms. The van der Waals surface area contributed by atoms with Crippen LogP contribution in [-0.2, 0) is 16.0 Å². The molecule has 3 aromatic rings. The number of carbonyl (C=O) groups excluding carboxylic acids is 2. The van der Waals surface area contributed by atoms with Gasteiger partial charge in [0.2, 0.25) is 11.8 Å². The SMILES string of the molecule is COc1cc2oc(=O)cc(-c3ccccc3)c2cc1CCC(=O)N1CC2CC(C1)C1CCCC(=O)N1C2. The first-order valence-electron chi connectivity index (χ1n) is 13.3. The fourth-order valence-electron chi connectivity index (χ4n) is 6.69. The van der Waals surface area contributed by atoms with Crippen molar-refractivity contribution in [2.24, 2.45) is 11.8 Å². The van der Waals surface area contributed by atoms with E-state index >= 15 is 0 Å². The van der Waals surface area contributed by atoms with Gasteiger partial charge in [0, 0.05) is 56.0 Å². The van der Waals surface area contributed by atoms with Crippen molar-refractivity contribution in [3.63, 3.8) is 0 Å². The molecule has 3 atom stereocenters. The van der Waals surface area contributed by atoms with Crippen molar-refractivity contribution in [1.29, 1.82) is 0 Å². The number of aryl methyl sites for hydroxylation is 1. The first-order chi connectivity index (χ1) is 18.0. The van der Waals surface area contributed by atoms with Crippen LogP contribution >= 0.6 is 0 Å². The minimum absolute atomic E-state index is 0.148. The highest BCUT2D eigenvalue weighted by atomic mass is 16.5. The van der Waals surface area contributed by atoms with Crippen LogP contribution in [0.4, 0.5) is 0 Å². The van der Waals surface area contributed by atoms with E-state index in [4.69, 9.17) is 9.15 Å². The Kier molecular flexibility index (Phi) is 6.22. The predicted molar refractivity (Wildman–Crippen MR) is 140 cm³/mol. The molecule has 3 aliphatic heterocycles. The number of methoxy groups -OCH3 is 1. The van der Waals surface area contributed by atoms with E-state index in [9.17, 15) is 14.4 Å². The molecule has 0 radical (unpaired) electrons. The van der Waals surface area contributed by atoms with Crippen LogP contribution in [0.2, 0.25) is 0 Å². The maximum atomic E-state index is 13.4. The molecule has 37 heavy (non-hydrogen) atoms. The van der Waals surface area contributed by atoms with Gasteiger partial charge < -0.3 is 19.0 Å². The minimum Gasteiger partial charge on any atom is -0.496 e. The van der Waals surface area contributed by atoms with Gasteiger partial charge in [0.05, 0.1) is 7.11 Å². The normalized spacial score (nSPS) is 23.2. The average Bonchev–Trinajstić information content (AvgIpc) is 2.91. The average molecular weight is 501 g/mol. The summed E-state index contributed by atoms with van der Waals surface area (Å²) in [5.74, 6) is 1.80. The van der Waals surface area contributed by atoms with Crippen LogP contribution in [0.5, 0.6) is 5.75 Å². The summed E-state index contributed by atoms with van der Waals surface area (Å²) in [6.07, 6.45) is 4.71. The van der Waals surface area contributed by atoms with E-state index in [1.165, 1.54) is 6.07 Å². The predicted octanol–water partition coefficient (Wildman–Crippen LogP) is 4.26. The maximum absolute atomic E-state index is 13.4. The standard InChI is InChI=1S/C30H32N2O5/c1-36-26-15-27-24(23(14-30(35)37-27)20-6-3-2-4-7-20)13-21(26)10-11-28(33)31-16-19-12-22(18-31)25-8-5-9-29(34)32(25)17-19/h2-4,6-7,13-15,19,22,25H,5,8-12,16-18H2,1H3. The van der Waals surface area contributed by atoms with E-state index in [1.54, 1.807) is 13.2 Å². The van der Waals surface area contributed by atoms with Crippen LogP contribution in [0, 0.1) is 11.8 Å². The molecule has 2 amide bonds. The third-order valence-corrected chi connectivity index (χ3v) is 8.37. The third kappa shape index (κ3) is 4.52. The van der Waals surface area contributed by atoms with Crippen LogP contribution in [0.15, 0.2) is 57.7 Å². The second-order valence-electron chi connectivity index (χ2n) is 10.7. The lowest BCUT2D eigenvalue weighted by atomic mass is 9.76. The number of hydrogen-bond acceptors (Lipinski definition) is 5. The van der Waals surface area contributed by atoms with Gasteiger partial charge in [-0.15, -0.1) is 0 Å². The Morgan fingerprint density at radius 2 is 1.92 bits per heavy atom. The number of likely N-dealkylation sites (tertiary alicyclic amines) is 1. The Morgan fingerprint density at radius 1 is 1.08 bits per heavy atom. The summed E-state index contributed by atoms with van der Waals surface area (Å²) in [6.45, 7) is 2.25. The van der Waals surface area contributed by atoms with E-state index in [0.29, 0.717) is 54.4 Å². The molecule has 0 saturated carbocycles. The Balaban J connectivity index is 1.22. The Hall–Kier alpha value is -3.61. The van der Waals surface area contributed by atoms with E-state index < -0.39 is 5.63 Å². The molecule has 1 aromatic heterocycles. The van der Waals surface area contributed by atoms with Crippen molar-refractivity contribution >= 4 is 22.8 Å². The van der Waals surface area contributed by atoms with Gasteiger partial charge in [-0.1, -0.05) is 30.3 Å². The monoisotopic (exact) mass is 500 g/mol. The van der Waals surface area contributed by atoms with Crippen molar-refractivity contribution < 1.29 is 18.7 Å². The summed E-state index contributed by atoms with van der Waals surface area (Å²) in [4.78, 5) is 42.2. The molecule has 192 valence electrons. The molecule has 0 spiro atoms. The van der Waals surface area contributed by atoms with Gasteiger partial charge >= 0.3 is 5.63 Å². The van der Waals surface area contributed by atoms with Gasteiger partial charge in [-0.3, -0.25) is 9.59 Å². The number of piperidine rings is 3. The van der Waals surface area contributed by atoms with Gasteiger partial charge in [0.15, 0.2) is 0 Å². The second kappa shape index (κ2) is 9.69. The van der Waals surface area contributed by atoms with Gasteiger partial charge in [-0.25, -0.2) is 4.79 Å². The maximum Gasteiger partial charge on any atom is 0.336 e. The molecule has 3 aliphatic rings. The van der Waals surface area contributed by atoms with Crippen molar-refractivity contribution in [2.75, 3.05) is 26.7 Å². The van der Waals surface area contributed by atoms with Crippen molar-refractivity contribution in [3.8, 4) is 16.9 Å². The summed E-state index contributed by atoms with van der Waals surface area (Å²) in [5.41, 5.74) is 2.70. The molecule has 6 rings (SSSR count). The lowest BCUT2D eigenvalue weighted by Crippen LogP contribution is -2.61. The van der Waals surface area contributed by atoms with Crippen LogP contribution in [0.3, 0.4) is 0 Å². The number of rotatable bonds is 5. The number of carbonyl (C=O) groups is 2. The number of benzene rings is 2. The molecular formula is C30H32N2O5. The molecular weight excluding hydrogens is 468 g/mol. The lowest BCUT2D eigenvalue weighted by Gasteiger charge is -2.52. The lowest BCUT2D eigenvalue weighted by molar-refractivity contribution is -0.148. The molecule has 0 N–H and O–H groups in total. The van der Waals surface area contributed by atoms with E-state index in [1.807, 2.05) is 41.3 Å². The topological polar surface area (TPSA) is 80.1 Å². The van der Waals surface area contributed by atoms with E-state index in [2.05, 4.69) is 4.90 Å². The Morgan fingerprint density at radius 3 is 2.73 bits per heavy atom. The molecule has 3 saturated heterocycles. The quantitative estimate of drug-likeness (QED) is 0.489. The van der Waals surface area contributed by atoms with E-state index in [-0.39, 0.29) is 5.91 Å². The first-order valence-corrected chi connectivity index (χ1v) is 13.3. The fourth-order valence-corrected chi connectivity index (χ4v) is 6.69. The van der Waals surface area contributed by atoms with Gasteiger partial charge in [-0.2, -0.15) is 0 Å². The first kappa shape index (κ1) is 23.8. The largest absolute Gasteiger partial charge is 0.496 e. The second-order valence-corrected chi connectivity index (χ2v) is 10.7. The highest BCUT2D eigenvalue weighted by Crippen LogP contribution is 2.38. The number of fused-ring (bicyclic) bond motifs is 5. The van der Waals surface area contributed by atoms with Crippen molar-refractivity contribution in [1.82, 2.24) is 9.80 Å². The molecule has 3 fully saturated rings. The zero-order valence-electron chi connectivity index (χ0n) is 21.2. The van der Waals surface area contributed by atoms with Gasteiger partial charge in [0.1, 0.15) is 11.3 Å². The molecule has 4 heterocycles. The summed E-state index contributed by atoms with van der Waals surface area (Å²) in [7, 11) is 1.59. The highest BCUT2D eigenvalue weighted by molar-refractivity contribution is 5.94. The highest BCUT2D eigenvalue weighted by Gasteiger charge is 2.44. The van der Waals surface area contributed by atoms with Crippen molar-refractivity contribution in [2.45, 2.75) is 44.6 Å². The van der Waals surface area contributed by atoms with Crippen LogP contribution in [0.1, 0.15) is 37.7 Å². The van der Waals surface area contributed by atoms with Gasteiger partial charge in [-0.05, 0) is 60.3 Å². The van der Waals surface area contributed by atoms with Crippen LogP contribution in [-0.4, -0.2) is 54.4 Å². The zero-order chi connectivity index (χ0) is 25.5. The van der Waals surface area contributed by atoms with Crippen LogP contribution in [0.25, 0.3) is 22.1 Å². The zero-order valence-corrected chi connectivity index (χ0v) is 21.2. The Bertz CT molecular complexity index is 1400. The smallest absolute Gasteiger partial charge is 0.336 e. The van der Waals surface area contributed by atoms with Crippen molar-refractivity contribution in [3.05, 3.63) is 64.5 Å². The summed E-state index contributed by atoms with van der Waals surface area (Å²) >= 11 is 0. The number of ether oxygens (including phenoxy) is 1. The minimum atomic E-state index is -0.412. The van der Waals surface area contributed by atoms with Crippen LogP contribution < -0.4 is 10.4 Å².